The molecule has 0 aromatic carbocycles. The topological polar surface area (TPSA) is 83.9 Å². The zero-order valence-corrected chi connectivity index (χ0v) is 16.0. The van der Waals surface area contributed by atoms with E-state index in [0.29, 0.717) is 12.0 Å². The van der Waals surface area contributed by atoms with E-state index in [0.717, 1.165) is 25.8 Å². The minimum Gasteiger partial charge on any atom is -0.478 e. The van der Waals surface area contributed by atoms with Gasteiger partial charge in [-0.3, -0.25) is 4.79 Å². The molecule has 2 fully saturated rings. The lowest BCUT2D eigenvalue weighted by atomic mass is 9.98. The molecule has 0 atom stereocenters. The van der Waals surface area contributed by atoms with Crippen LogP contribution < -0.4 is 0 Å². The molecule has 0 bridgehead atoms. The van der Waals surface area contributed by atoms with Crippen molar-refractivity contribution in [2.75, 3.05) is 6.54 Å². The Labute approximate surface area is 156 Å². The highest BCUT2D eigenvalue weighted by atomic mass is 16.5. The van der Waals surface area contributed by atoms with Gasteiger partial charge in [0.15, 0.2) is 0 Å². The molecule has 0 spiro atoms. The van der Waals surface area contributed by atoms with E-state index in [1.807, 2.05) is 0 Å². The van der Waals surface area contributed by atoms with Gasteiger partial charge in [0.2, 0.25) is 5.91 Å². The summed E-state index contributed by atoms with van der Waals surface area (Å²) in [6.45, 7) is 14.2. The number of hydrogen-bond acceptors (Lipinski definition) is 4. The highest BCUT2D eigenvalue weighted by Crippen LogP contribution is 2.20. The maximum atomic E-state index is 11.1. The highest BCUT2D eigenvalue weighted by molar-refractivity contribution is 5.87. The monoisotopic (exact) mass is 365 g/mol. The fourth-order valence-electron chi connectivity index (χ4n) is 2.30. The second-order valence-corrected chi connectivity index (χ2v) is 6.40. The van der Waals surface area contributed by atoms with E-state index in [1.165, 1.54) is 26.2 Å². The van der Waals surface area contributed by atoms with Crippen molar-refractivity contribution in [3.05, 3.63) is 37.1 Å². The maximum absolute atomic E-state index is 11.1. The molecule has 0 unspecified atom stereocenters. The summed E-state index contributed by atoms with van der Waals surface area (Å²) in [5, 5.41) is 7.89. The van der Waals surface area contributed by atoms with E-state index in [1.54, 1.807) is 18.0 Å². The smallest absolute Gasteiger partial charge is 0.333 e. The van der Waals surface area contributed by atoms with Gasteiger partial charge in [0.1, 0.15) is 6.10 Å². The Bertz CT molecular complexity index is 520. The first kappa shape index (κ1) is 23.6. The van der Waals surface area contributed by atoms with Gasteiger partial charge < -0.3 is 14.7 Å². The van der Waals surface area contributed by atoms with Crippen LogP contribution in [0.2, 0.25) is 0 Å². The van der Waals surface area contributed by atoms with Crippen LogP contribution in [0.15, 0.2) is 37.1 Å². The van der Waals surface area contributed by atoms with Gasteiger partial charge in [-0.2, -0.15) is 0 Å². The minimum atomic E-state index is -0.935. The molecule has 1 N–H and O–H groups in total. The van der Waals surface area contributed by atoms with Crippen LogP contribution >= 0.6 is 0 Å². The molecular formula is C20H31NO5. The number of carboxylic acids is 1. The van der Waals surface area contributed by atoms with E-state index in [-0.39, 0.29) is 23.6 Å². The summed E-state index contributed by atoms with van der Waals surface area (Å²) in [6.07, 6.45) is 9.15. The van der Waals surface area contributed by atoms with Crippen LogP contribution in [0, 0.1) is 0 Å². The standard InChI is InChI=1S/C10H16O2.C6H9NO.C4H6O2/c1-8(2)10(11)12-9-6-4-3-5-7-9;1-2-7-5-3-4-6(7)8;1-3(2)4(5)6/h9H,1,3-7H2,2H3;2H,1,3-5H2;1H2,2H3,(H,5,6). The fraction of sp³-hybridized carbons (Fsp3) is 0.550. The lowest BCUT2D eigenvalue weighted by Gasteiger charge is -2.21. The number of carbonyl (C=O) groups is 3. The molecule has 26 heavy (non-hydrogen) atoms. The van der Waals surface area contributed by atoms with Crippen molar-refractivity contribution >= 4 is 17.8 Å². The fourth-order valence-corrected chi connectivity index (χ4v) is 2.30. The summed E-state index contributed by atoms with van der Waals surface area (Å²) in [5.74, 6) is -0.961. The summed E-state index contributed by atoms with van der Waals surface area (Å²) in [5.41, 5.74) is 0.676. The zero-order chi connectivity index (χ0) is 20.1. The second kappa shape index (κ2) is 12.9. The first-order valence-corrected chi connectivity index (χ1v) is 8.86. The molecule has 6 nitrogen and oxygen atoms in total. The lowest BCUT2D eigenvalue weighted by Crippen LogP contribution is -2.20. The Morgan fingerprint density at radius 1 is 1.12 bits per heavy atom. The number of nitrogens with zero attached hydrogens (tertiary/aromatic N) is 1. The first-order chi connectivity index (χ1) is 12.2. The Hall–Kier alpha value is -2.37. The van der Waals surface area contributed by atoms with Gasteiger partial charge in [-0.15, -0.1) is 0 Å². The summed E-state index contributed by atoms with van der Waals surface area (Å²) in [4.78, 5) is 33.0. The van der Waals surface area contributed by atoms with E-state index < -0.39 is 5.97 Å². The average molecular weight is 365 g/mol. The molecule has 146 valence electrons. The molecule has 1 saturated carbocycles. The quantitative estimate of drug-likeness (QED) is 0.604. The predicted octanol–water partition coefficient (Wildman–Crippen LogP) is 3.84. The van der Waals surface area contributed by atoms with Gasteiger partial charge in [-0.1, -0.05) is 26.2 Å². The third-order valence-electron chi connectivity index (χ3n) is 3.87. The van der Waals surface area contributed by atoms with E-state index >= 15 is 0 Å². The molecule has 2 aliphatic rings. The van der Waals surface area contributed by atoms with Crippen LogP contribution in [-0.4, -0.2) is 40.5 Å². The van der Waals surface area contributed by atoms with E-state index in [4.69, 9.17) is 9.84 Å². The Morgan fingerprint density at radius 3 is 1.96 bits per heavy atom. The molecule has 1 saturated heterocycles. The Kier molecular flexibility index (Phi) is 11.7. The Morgan fingerprint density at radius 2 is 1.65 bits per heavy atom. The molecule has 0 radical (unpaired) electrons. The number of aliphatic carboxylic acids is 1. The van der Waals surface area contributed by atoms with E-state index in [9.17, 15) is 14.4 Å². The third kappa shape index (κ3) is 10.5. The van der Waals surface area contributed by atoms with Crippen molar-refractivity contribution in [2.24, 2.45) is 0 Å². The molecule has 1 aliphatic carbocycles. The van der Waals surface area contributed by atoms with Gasteiger partial charge in [0.05, 0.1) is 0 Å². The van der Waals surface area contributed by atoms with E-state index in [2.05, 4.69) is 19.7 Å². The van der Waals surface area contributed by atoms with Gasteiger partial charge in [-0.25, -0.2) is 9.59 Å². The minimum absolute atomic E-state index is 0.156. The molecule has 1 heterocycles. The molecule has 1 amide bonds. The number of rotatable bonds is 4. The zero-order valence-electron chi connectivity index (χ0n) is 16.0. The molecule has 1 aliphatic heterocycles. The maximum Gasteiger partial charge on any atom is 0.333 e. The number of likely N-dealkylation sites (tertiary alicyclic amines) is 1. The van der Waals surface area contributed by atoms with Crippen molar-refractivity contribution in [3.8, 4) is 0 Å². The lowest BCUT2D eigenvalue weighted by molar-refractivity contribution is -0.145. The molecule has 0 aromatic rings. The van der Waals surface area contributed by atoms with Gasteiger partial charge in [-0.05, 0) is 52.2 Å². The van der Waals surface area contributed by atoms with Crippen molar-refractivity contribution in [2.45, 2.75) is 64.9 Å². The van der Waals surface area contributed by atoms with Crippen molar-refractivity contribution in [1.82, 2.24) is 4.90 Å². The van der Waals surface area contributed by atoms with Crippen LogP contribution in [0.3, 0.4) is 0 Å². The van der Waals surface area contributed by atoms with Crippen LogP contribution in [0.4, 0.5) is 0 Å². The number of ether oxygens (including phenoxy) is 1. The SMILES string of the molecule is C=C(C)C(=O)O.C=C(C)C(=O)OC1CCCCC1.C=CN1CCCC1=O. The normalized spacial score (nSPS) is 16.4. The van der Waals surface area contributed by atoms with Crippen LogP contribution in [-0.2, 0) is 19.1 Å². The number of amides is 1. The molecule has 2 rings (SSSR count). The van der Waals surface area contributed by atoms with Crippen molar-refractivity contribution in [3.63, 3.8) is 0 Å². The summed E-state index contributed by atoms with van der Waals surface area (Å²) in [7, 11) is 0. The van der Waals surface area contributed by atoms with Crippen LogP contribution in [0.25, 0.3) is 0 Å². The second-order valence-electron chi connectivity index (χ2n) is 6.40. The third-order valence-corrected chi connectivity index (χ3v) is 3.87. The van der Waals surface area contributed by atoms with Crippen molar-refractivity contribution in [1.29, 1.82) is 0 Å². The van der Waals surface area contributed by atoms with Crippen LogP contribution in [0.5, 0.6) is 0 Å². The molecule has 6 heteroatoms. The Balaban J connectivity index is 0.000000388. The molecule has 0 aromatic heterocycles. The first-order valence-electron chi connectivity index (χ1n) is 8.86. The predicted molar refractivity (Wildman–Crippen MR) is 101 cm³/mol. The summed E-state index contributed by atoms with van der Waals surface area (Å²) >= 11 is 0. The van der Waals surface area contributed by atoms with Crippen molar-refractivity contribution < 1.29 is 24.2 Å². The van der Waals surface area contributed by atoms with Gasteiger partial charge >= 0.3 is 11.9 Å². The number of hydrogen-bond donors (Lipinski definition) is 1. The van der Waals surface area contributed by atoms with Gasteiger partial charge in [0.25, 0.3) is 0 Å². The number of carbonyl (C=O) groups excluding carboxylic acids is 2. The summed E-state index contributed by atoms with van der Waals surface area (Å²) in [6, 6.07) is 0. The number of carboxylic acid groups (broad SMARTS) is 1. The average Bonchev–Trinajstić information content (AvgIpc) is 3.02. The molecular weight excluding hydrogens is 334 g/mol. The summed E-state index contributed by atoms with van der Waals surface area (Å²) < 4.78 is 5.21. The van der Waals surface area contributed by atoms with Crippen LogP contribution in [0.1, 0.15) is 58.8 Å². The van der Waals surface area contributed by atoms with Gasteiger partial charge in [0, 0.05) is 24.1 Å². The largest absolute Gasteiger partial charge is 0.478 e. The number of esters is 1. The highest BCUT2D eigenvalue weighted by Gasteiger charge is 2.17.